The predicted molar refractivity (Wildman–Crippen MR) is 82.1 cm³/mol. The number of hydrogen-bond acceptors (Lipinski definition) is 4. The first kappa shape index (κ1) is 15.4. The van der Waals surface area contributed by atoms with Crippen LogP contribution in [0, 0.1) is 6.92 Å². The molecule has 0 spiro atoms. The Balaban J connectivity index is 2.66. The molecular formula is C16H17NO3S. The molecule has 4 nitrogen and oxygen atoms in total. The van der Waals surface area contributed by atoms with Crippen LogP contribution in [0.5, 0.6) is 0 Å². The normalized spacial score (nSPS) is 11.4. The predicted octanol–water partition coefficient (Wildman–Crippen LogP) is 3.05. The van der Waals surface area contributed by atoms with Crippen molar-refractivity contribution in [3.8, 4) is 11.1 Å². The van der Waals surface area contributed by atoms with Gasteiger partial charge in [0, 0.05) is 35.7 Å². The molecule has 0 aliphatic carbocycles. The second-order valence-corrected chi connectivity index (χ2v) is 6.96. The van der Waals surface area contributed by atoms with Gasteiger partial charge in [0.15, 0.2) is 15.6 Å². The van der Waals surface area contributed by atoms with Crippen LogP contribution >= 0.6 is 0 Å². The zero-order valence-electron chi connectivity index (χ0n) is 12.3. The van der Waals surface area contributed by atoms with Crippen molar-refractivity contribution in [1.29, 1.82) is 0 Å². The zero-order chi connectivity index (χ0) is 15.6. The van der Waals surface area contributed by atoms with E-state index in [0.717, 1.165) is 17.5 Å². The van der Waals surface area contributed by atoms with E-state index in [9.17, 15) is 13.2 Å². The molecule has 0 N–H and O–H groups in total. The first-order valence-electron chi connectivity index (χ1n) is 6.63. The molecule has 0 saturated carbocycles. The van der Waals surface area contributed by atoms with Crippen LogP contribution in [-0.4, -0.2) is 25.4 Å². The lowest BCUT2D eigenvalue weighted by Gasteiger charge is -2.10. The molecule has 1 aromatic heterocycles. The van der Waals surface area contributed by atoms with Crippen molar-refractivity contribution >= 4 is 15.6 Å². The lowest BCUT2D eigenvalue weighted by atomic mass is 9.97. The summed E-state index contributed by atoms with van der Waals surface area (Å²) in [6, 6.07) is 8.39. The van der Waals surface area contributed by atoms with Crippen molar-refractivity contribution in [3.63, 3.8) is 0 Å². The third-order valence-corrected chi connectivity index (χ3v) is 4.37. The maximum Gasteiger partial charge on any atom is 0.175 e. The summed E-state index contributed by atoms with van der Waals surface area (Å²) >= 11 is 0. The number of ketones is 1. The Labute approximate surface area is 124 Å². The van der Waals surface area contributed by atoms with E-state index in [1.54, 1.807) is 19.2 Å². The quantitative estimate of drug-likeness (QED) is 0.814. The highest BCUT2D eigenvalue weighted by Crippen LogP contribution is 2.27. The van der Waals surface area contributed by atoms with E-state index in [4.69, 9.17) is 0 Å². The van der Waals surface area contributed by atoms with Gasteiger partial charge in [-0.3, -0.25) is 9.78 Å². The van der Waals surface area contributed by atoms with Gasteiger partial charge in [0.1, 0.15) is 0 Å². The van der Waals surface area contributed by atoms with E-state index < -0.39 is 9.84 Å². The van der Waals surface area contributed by atoms with Crippen molar-refractivity contribution in [1.82, 2.24) is 4.98 Å². The highest BCUT2D eigenvalue weighted by atomic mass is 32.2. The monoisotopic (exact) mass is 303 g/mol. The summed E-state index contributed by atoms with van der Waals surface area (Å²) in [7, 11) is -3.34. The van der Waals surface area contributed by atoms with Crippen molar-refractivity contribution in [3.05, 3.63) is 47.8 Å². The minimum Gasteiger partial charge on any atom is -0.294 e. The molecule has 0 bridgehead atoms. The Hall–Kier alpha value is -2.01. The Morgan fingerprint density at radius 1 is 1.19 bits per heavy atom. The molecule has 0 atom stereocenters. The van der Waals surface area contributed by atoms with Crippen LogP contribution in [0.25, 0.3) is 11.1 Å². The molecule has 0 radical (unpaired) electrons. The van der Waals surface area contributed by atoms with Gasteiger partial charge in [0.05, 0.1) is 4.90 Å². The largest absolute Gasteiger partial charge is 0.294 e. The van der Waals surface area contributed by atoms with E-state index in [-0.39, 0.29) is 10.7 Å². The van der Waals surface area contributed by atoms with Crippen molar-refractivity contribution in [2.45, 2.75) is 25.2 Å². The molecule has 0 aliphatic rings. The van der Waals surface area contributed by atoms with Gasteiger partial charge in [-0.2, -0.15) is 0 Å². The lowest BCUT2D eigenvalue weighted by Crippen LogP contribution is -2.04. The molecule has 5 heteroatoms. The fourth-order valence-electron chi connectivity index (χ4n) is 2.05. The Morgan fingerprint density at radius 2 is 1.90 bits per heavy atom. The number of rotatable bonds is 4. The number of nitrogens with zero attached hydrogens (tertiary/aromatic N) is 1. The minimum absolute atomic E-state index is 0.0870. The molecule has 1 aromatic carbocycles. The second kappa shape index (κ2) is 5.77. The van der Waals surface area contributed by atoms with Crippen molar-refractivity contribution < 1.29 is 13.2 Å². The van der Waals surface area contributed by atoms with Crippen molar-refractivity contribution in [2.75, 3.05) is 6.26 Å². The molecule has 0 saturated heterocycles. The fourth-order valence-corrected chi connectivity index (χ4v) is 2.70. The van der Waals surface area contributed by atoms with Gasteiger partial charge >= 0.3 is 0 Å². The number of hydrogen-bond donors (Lipinski definition) is 0. The first-order chi connectivity index (χ1) is 9.82. The number of benzene rings is 1. The zero-order valence-corrected chi connectivity index (χ0v) is 13.1. The van der Waals surface area contributed by atoms with Crippen LogP contribution in [0.4, 0.5) is 0 Å². The SMILES string of the molecule is CCC(=O)c1cc(S(C)(=O)=O)ccc1-c1ccc(C)nc1. The number of carbonyl (C=O) groups is 1. The summed E-state index contributed by atoms with van der Waals surface area (Å²) in [5, 5.41) is 0. The molecule has 0 unspecified atom stereocenters. The van der Waals surface area contributed by atoms with Gasteiger partial charge in [-0.25, -0.2) is 8.42 Å². The van der Waals surface area contributed by atoms with Crippen LogP contribution in [0.1, 0.15) is 29.4 Å². The Bertz CT molecular complexity index is 778. The lowest BCUT2D eigenvalue weighted by molar-refractivity contribution is 0.0988. The summed E-state index contributed by atoms with van der Waals surface area (Å²) in [5.74, 6) is -0.0870. The number of sulfone groups is 1. The van der Waals surface area contributed by atoms with Crippen molar-refractivity contribution in [2.24, 2.45) is 0 Å². The van der Waals surface area contributed by atoms with Crippen LogP contribution in [0.15, 0.2) is 41.4 Å². The molecule has 0 aliphatic heterocycles. The standard InChI is InChI=1S/C16H17NO3S/c1-4-16(18)15-9-13(21(3,19)20)7-8-14(15)12-6-5-11(2)17-10-12/h5-10H,4H2,1-3H3. The summed E-state index contributed by atoms with van der Waals surface area (Å²) < 4.78 is 23.3. The Kier molecular flexibility index (Phi) is 4.23. The summed E-state index contributed by atoms with van der Waals surface area (Å²) in [6.07, 6.45) is 3.15. The molecule has 21 heavy (non-hydrogen) atoms. The summed E-state index contributed by atoms with van der Waals surface area (Å²) in [5.41, 5.74) is 2.82. The second-order valence-electron chi connectivity index (χ2n) is 4.94. The van der Waals surface area contributed by atoms with Gasteiger partial charge in [-0.15, -0.1) is 0 Å². The van der Waals surface area contributed by atoms with Gasteiger partial charge < -0.3 is 0 Å². The third-order valence-electron chi connectivity index (χ3n) is 3.26. The molecule has 0 fully saturated rings. The van der Waals surface area contributed by atoms with Crippen LogP contribution in [0.3, 0.4) is 0 Å². The number of pyridine rings is 1. The maximum atomic E-state index is 12.1. The number of aromatic nitrogens is 1. The Morgan fingerprint density at radius 3 is 2.43 bits per heavy atom. The molecule has 2 rings (SSSR count). The van der Waals surface area contributed by atoms with E-state index in [0.29, 0.717) is 17.5 Å². The first-order valence-corrected chi connectivity index (χ1v) is 8.52. The third kappa shape index (κ3) is 3.36. The van der Waals surface area contributed by atoms with Gasteiger partial charge in [0.25, 0.3) is 0 Å². The van der Waals surface area contributed by atoms with E-state index in [2.05, 4.69) is 4.98 Å². The highest BCUT2D eigenvalue weighted by molar-refractivity contribution is 7.90. The van der Waals surface area contributed by atoms with Gasteiger partial charge in [-0.1, -0.05) is 19.1 Å². The fraction of sp³-hybridized carbons (Fsp3) is 0.250. The molecule has 0 amide bonds. The number of Topliss-reactive ketones (excluding diaryl/α,β-unsaturated/α-hetero) is 1. The number of aryl methyl sites for hydroxylation is 1. The van der Waals surface area contributed by atoms with E-state index in [1.807, 2.05) is 19.1 Å². The smallest absolute Gasteiger partial charge is 0.175 e. The summed E-state index contributed by atoms with van der Waals surface area (Å²) in [4.78, 5) is 16.5. The highest BCUT2D eigenvalue weighted by Gasteiger charge is 2.16. The van der Waals surface area contributed by atoms with E-state index >= 15 is 0 Å². The molecule has 110 valence electrons. The minimum atomic E-state index is -3.34. The topological polar surface area (TPSA) is 64.1 Å². The number of carbonyl (C=O) groups excluding carboxylic acids is 1. The molecular weight excluding hydrogens is 286 g/mol. The van der Waals surface area contributed by atoms with Crippen LogP contribution in [-0.2, 0) is 9.84 Å². The summed E-state index contributed by atoms with van der Waals surface area (Å²) in [6.45, 7) is 3.64. The van der Waals surface area contributed by atoms with Gasteiger partial charge in [-0.05, 0) is 30.7 Å². The maximum absolute atomic E-state index is 12.1. The van der Waals surface area contributed by atoms with E-state index in [1.165, 1.54) is 12.1 Å². The molecule has 2 aromatic rings. The molecule has 1 heterocycles. The van der Waals surface area contributed by atoms with Gasteiger partial charge in [0.2, 0.25) is 0 Å². The van der Waals surface area contributed by atoms with Crippen LogP contribution in [0.2, 0.25) is 0 Å². The average Bonchev–Trinajstić information content (AvgIpc) is 2.46. The average molecular weight is 303 g/mol. The van der Waals surface area contributed by atoms with Crippen LogP contribution < -0.4 is 0 Å².